The number of nitrogen functional groups attached to an aromatic ring is 1. The van der Waals surface area contributed by atoms with Gasteiger partial charge < -0.3 is 10.8 Å². The van der Waals surface area contributed by atoms with Crippen LogP contribution in [0.5, 0.6) is 0 Å². The van der Waals surface area contributed by atoms with Crippen LogP contribution in [-0.2, 0) is 0 Å². The summed E-state index contributed by atoms with van der Waals surface area (Å²) in [7, 11) is 0. The van der Waals surface area contributed by atoms with Crippen molar-refractivity contribution in [3.8, 4) is 0 Å². The highest BCUT2D eigenvalue weighted by atomic mass is 16.6. The van der Waals surface area contributed by atoms with Crippen LogP contribution in [0.25, 0.3) is 0 Å². The summed E-state index contributed by atoms with van der Waals surface area (Å²) in [5.41, 5.74) is 6.79. The van der Waals surface area contributed by atoms with Gasteiger partial charge in [0.1, 0.15) is 17.6 Å². The molecule has 21 heavy (non-hydrogen) atoms. The Morgan fingerprint density at radius 3 is 2.48 bits per heavy atom. The lowest BCUT2D eigenvalue weighted by molar-refractivity contribution is -0.385. The second-order valence-corrected chi connectivity index (χ2v) is 4.09. The number of aryl methyl sites for hydroxylation is 2. The minimum absolute atomic E-state index is 0.238. The van der Waals surface area contributed by atoms with E-state index in [-0.39, 0.29) is 11.4 Å². The monoisotopic (exact) mass is 290 g/mol. The second kappa shape index (κ2) is 6.94. The molecule has 2 aromatic rings. The topological polar surface area (TPSA) is 132 Å². The van der Waals surface area contributed by atoms with Crippen LogP contribution in [0.3, 0.4) is 0 Å². The van der Waals surface area contributed by atoms with Crippen LogP contribution in [0, 0.1) is 24.0 Å². The Bertz CT molecular complexity index is 652. The fourth-order valence-electron chi connectivity index (χ4n) is 1.30. The molecule has 0 saturated heterocycles. The predicted molar refractivity (Wildman–Crippen MR) is 76.0 cm³/mol. The molecular formula is C13H14N4O4. The summed E-state index contributed by atoms with van der Waals surface area (Å²) in [4.78, 5) is 27.4. The zero-order valence-electron chi connectivity index (χ0n) is 11.5. The molecule has 0 aliphatic rings. The molecule has 0 amide bonds. The van der Waals surface area contributed by atoms with Crippen LogP contribution < -0.4 is 5.73 Å². The van der Waals surface area contributed by atoms with Gasteiger partial charge in [0.2, 0.25) is 0 Å². The van der Waals surface area contributed by atoms with Crippen molar-refractivity contribution < 1.29 is 14.8 Å². The Labute approximate surface area is 120 Å². The van der Waals surface area contributed by atoms with Crippen molar-refractivity contribution in [3.63, 3.8) is 0 Å². The van der Waals surface area contributed by atoms with Crippen molar-refractivity contribution in [1.82, 2.24) is 9.97 Å². The molecule has 8 nitrogen and oxygen atoms in total. The number of hydrogen-bond donors (Lipinski definition) is 2. The first kappa shape index (κ1) is 16.0. The number of carboxylic acids is 1. The Morgan fingerprint density at radius 2 is 2.05 bits per heavy atom. The van der Waals surface area contributed by atoms with Gasteiger partial charge in [-0.05, 0) is 25.5 Å². The minimum atomic E-state index is -1.34. The van der Waals surface area contributed by atoms with E-state index in [2.05, 4.69) is 23.0 Å². The van der Waals surface area contributed by atoms with Crippen LogP contribution in [0.1, 0.15) is 21.6 Å². The number of carbonyl (C=O) groups is 1. The lowest BCUT2D eigenvalue weighted by atomic mass is 10.2. The lowest BCUT2D eigenvalue weighted by Crippen LogP contribution is -2.05. The smallest absolute Gasteiger partial charge is 0.339 e. The number of anilines is 1. The summed E-state index contributed by atoms with van der Waals surface area (Å²) in [6, 6.07) is 4.87. The molecule has 0 spiro atoms. The maximum absolute atomic E-state index is 10.5. The van der Waals surface area contributed by atoms with Crippen molar-refractivity contribution in [1.29, 1.82) is 0 Å². The summed E-state index contributed by atoms with van der Waals surface area (Å²) < 4.78 is 0. The number of aromatic carboxylic acids is 1. The fraction of sp³-hybridized carbons (Fsp3) is 0.154. The third-order valence-corrected chi connectivity index (χ3v) is 2.62. The van der Waals surface area contributed by atoms with Crippen LogP contribution in [0.4, 0.5) is 11.5 Å². The van der Waals surface area contributed by atoms with Crippen LogP contribution >= 0.6 is 0 Å². The van der Waals surface area contributed by atoms with Crippen molar-refractivity contribution in [2.45, 2.75) is 13.8 Å². The number of aromatic nitrogens is 2. The average Bonchev–Trinajstić information content (AvgIpc) is 2.43. The molecule has 0 aliphatic heterocycles. The van der Waals surface area contributed by atoms with Crippen molar-refractivity contribution >= 4 is 17.5 Å². The Hall–Kier alpha value is -3.03. The number of nitrogens with zero attached hydrogens (tertiary/aromatic N) is 3. The van der Waals surface area contributed by atoms with Crippen molar-refractivity contribution in [2.75, 3.05) is 5.73 Å². The van der Waals surface area contributed by atoms with Gasteiger partial charge in [0, 0.05) is 18.0 Å². The van der Waals surface area contributed by atoms with E-state index in [1.165, 1.54) is 5.56 Å². The highest BCUT2D eigenvalue weighted by molar-refractivity contribution is 5.93. The summed E-state index contributed by atoms with van der Waals surface area (Å²) in [5.74, 6) is -1.58. The largest absolute Gasteiger partial charge is 0.478 e. The van der Waals surface area contributed by atoms with E-state index in [9.17, 15) is 14.9 Å². The first-order valence-electron chi connectivity index (χ1n) is 5.84. The molecule has 8 heteroatoms. The van der Waals surface area contributed by atoms with E-state index in [1.54, 1.807) is 0 Å². The molecule has 0 aliphatic carbocycles. The maximum Gasteiger partial charge on any atom is 0.339 e. The van der Waals surface area contributed by atoms with Crippen LogP contribution in [0.15, 0.2) is 30.6 Å². The first-order chi connectivity index (χ1) is 9.82. The number of pyridine rings is 2. The van der Waals surface area contributed by atoms with E-state index in [1.807, 2.05) is 19.2 Å². The first-order valence-corrected chi connectivity index (χ1v) is 5.84. The van der Waals surface area contributed by atoms with E-state index < -0.39 is 16.6 Å². The number of rotatable bonds is 2. The third-order valence-electron chi connectivity index (χ3n) is 2.62. The van der Waals surface area contributed by atoms with E-state index in [4.69, 9.17) is 10.8 Å². The van der Waals surface area contributed by atoms with E-state index in [0.29, 0.717) is 0 Å². The molecule has 2 aromatic heterocycles. The van der Waals surface area contributed by atoms with Gasteiger partial charge >= 0.3 is 5.97 Å². The summed E-state index contributed by atoms with van der Waals surface area (Å²) in [6.45, 7) is 4.07. The lowest BCUT2D eigenvalue weighted by Gasteiger charge is -1.97. The Morgan fingerprint density at radius 1 is 1.38 bits per heavy atom. The zero-order valence-corrected chi connectivity index (χ0v) is 11.5. The number of nitro groups is 1. The number of nitrogens with two attached hydrogens (primary N) is 1. The van der Waals surface area contributed by atoms with Gasteiger partial charge in [-0.2, -0.15) is 0 Å². The Kier molecular flexibility index (Phi) is 5.30. The molecule has 0 unspecified atom stereocenters. The summed E-state index contributed by atoms with van der Waals surface area (Å²) >= 11 is 0. The van der Waals surface area contributed by atoms with Gasteiger partial charge in [-0.3, -0.25) is 15.1 Å². The molecule has 110 valence electrons. The second-order valence-electron chi connectivity index (χ2n) is 4.09. The Balaban J connectivity index is 0.000000235. The zero-order chi connectivity index (χ0) is 16.0. The van der Waals surface area contributed by atoms with Crippen molar-refractivity contribution in [3.05, 3.63) is 57.5 Å². The van der Waals surface area contributed by atoms with Gasteiger partial charge in [-0.15, -0.1) is 0 Å². The number of hydrogen-bond acceptors (Lipinski definition) is 6. The molecule has 0 radical (unpaired) electrons. The molecule has 0 atom stereocenters. The van der Waals surface area contributed by atoms with Gasteiger partial charge in [-0.25, -0.2) is 9.78 Å². The van der Waals surface area contributed by atoms with Crippen molar-refractivity contribution in [2.24, 2.45) is 0 Å². The highest BCUT2D eigenvalue weighted by Crippen LogP contribution is 2.16. The summed E-state index contributed by atoms with van der Waals surface area (Å²) in [6.07, 6.45) is 2.71. The van der Waals surface area contributed by atoms with Gasteiger partial charge in [0.15, 0.2) is 0 Å². The molecule has 0 fully saturated rings. The van der Waals surface area contributed by atoms with Gasteiger partial charge in [0.25, 0.3) is 5.69 Å². The quantitative estimate of drug-likeness (QED) is 0.638. The van der Waals surface area contributed by atoms with Crippen LogP contribution in [0.2, 0.25) is 0 Å². The molecular weight excluding hydrogens is 276 g/mol. The van der Waals surface area contributed by atoms with E-state index >= 15 is 0 Å². The molecule has 0 aromatic carbocycles. The molecule has 3 N–H and O–H groups in total. The minimum Gasteiger partial charge on any atom is -0.478 e. The van der Waals surface area contributed by atoms with Gasteiger partial charge in [0.05, 0.1) is 4.92 Å². The van der Waals surface area contributed by atoms with Gasteiger partial charge in [-0.1, -0.05) is 6.07 Å². The standard InChI is InChI=1S/C7H9N.C6H5N3O4/c1-6-4-3-5-8-7(6)2;7-5-4(6(10)11)1-3(2-8-5)9(12)13/h3-5H,1-2H3;1-2H,(H2,7,8)(H,10,11). The molecule has 2 rings (SSSR count). The molecule has 2 heterocycles. The third kappa shape index (κ3) is 4.53. The average molecular weight is 290 g/mol. The highest BCUT2D eigenvalue weighted by Gasteiger charge is 2.14. The maximum atomic E-state index is 10.5. The molecule has 0 saturated carbocycles. The SMILES string of the molecule is Cc1cccnc1C.Nc1ncc([N+](=O)[O-])cc1C(=O)O. The van der Waals surface area contributed by atoms with Crippen LogP contribution in [-0.4, -0.2) is 26.0 Å². The fourth-order valence-corrected chi connectivity index (χ4v) is 1.30. The van der Waals surface area contributed by atoms with E-state index in [0.717, 1.165) is 18.0 Å². The molecule has 0 bridgehead atoms. The normalized spacial score (nSPS) is 9.43. The number of carboxylic acid groups (broad SMARTS) is 1. The summed E-state index contributed by atoms with van der Waals surface area (Å²) in [5, 5.41) is 18.7. The predicted octanol–water partition coefficient (Wildman–Crippen LogP) is 1.97.